The number of ether oxygens (including phenoxy) is 1. The van der Waals surface area contributed by atoms with Crippen LogP contribution in [0.15, 0.2) is 35.8 Å². The number of aryl methyl sites for hydroxylation is 1. The Bertz CT molecular complexity index is 958. The van der Waals surface area contributed by atoms with E-state index < -0.39 is 12.0 Å². The average Bonchev–Trinajstić information content (AvgIpc) is 3.19. The first-order valence-electron chi connectivity index (χ1n) is 8.33. The number of rotatable bonds is 5. The molecule has 0 fully saturated rings. The van der Waals surface area contributed by atoms with Crippen molar-refractivity contribution in [1.29, 1.82) is 0 Å². The smallest absolute Gasteiger partial charge is 0.328 e. The highest BCUT2D eigenvalue weighted by atomic mass is 32.1. The Morgan fingerprint density at radius 1 is 1.27 bits per heavy atom. The molecule has 0 saturated carbocycles. The lowest BCUT2D eigenvalue weighted by molar-refractivity contribution is -0.144. The standard InChI is InChI=1S/C19H21N3O3S/c1-11(2)16(18(24)25-4)21-17(23)15-10-26-19-20-14(9-22(15)19)13-8-6-5-7-12(13)3/h5-11,16H,1-4H3,(H,21,23)/t16-/m0/s1. The predicted octanol–water partition coefficient (Wildman–Crippen LogP) is 3.30. The number of thiazole rings is 1. The number of nitrogens with zero attached hydrogens (tertiary/aromatic N) is 2. The fourth-order valence-corrected chi connectivity index (χ4v) is 3.63. The molecule has 0 bridgehead atoms. The van der Waals surface area contributed by atoms with Crippen LogP contribution in [0.1, 0.15) is 29.9 Å². The van der Waals surface area contributed by atoms with Crippen LogP contribution in [-0.4, -0.2) is 34.4 Å². The number of nitrogens with one attached hydrogen (secondary N) is 1. The molecule has 7 heteroatoms. The normalized spacial score (nSPS) is 12.3. The number of imidazole rings is 1. The third-order valence-corrected chi connectivity index (χ3v) is 5.11. The minimum absolute atomic E-state index is 0.0779. The van der Waals surface area contributed by atoms with Crippen LogP contribution in [0.5, 0.6) is 0 Å². The van der Waals surface area contributed by atoms with Gasteiger partial charge in [-0.25, -0.2) is 9.78 Å². The lowest BCUT2D eigenvalue weighted by Crippen LogP contribution is -2.45. The van der Waals surface area contributed by atoms with Gasteiger partial charge in [-0.15, -0.1) is 11.3 Å². The highest BCUT2D eigenvalue weighted by molar-refractivity contribution is 7.15. The summed E-state index contributed by atoms with van der Waals surface area (Å²) in [6, 6.07) is 7.29. The molecule has 0 unspecified atom stereocenters. The lowest BCUT2D eigenvalue weighted by atomic mass is 10.0. The minimum Gasteiger partial charge on any atom is -0.467 e. The molecule has 26 heavy (non-hydrogen) atoms. The van der Waals surface area contributed by atoms with Crippen LogP contribution in [0, 0.1) is 12.8 Å². The summed E-state index contributed by atoms with van der Waals surface area (Å²) in [6.07, 6.45) is 1.85. The first-order chi connectivity index (χ1) is 12.4. The minimum atomic E-state index is -0.693. The van der Waals surface area contributed by atoms with Crippen molar-refractivity contribution in [3.8, 4) is 11.3 Å². The molecule has 0 aliphatic rings. The predicted molar refractivity (Wildman–Crippen MR) is 101 cm³/mol. The van der Waals surface area contributed by atoms with Crippen molar-refractivity contribution in [2.75, 3.05) is 7.11 Å². The van der Waals surface area contributed by atoms with Gasteiger partial charge < -0.3 is 10.1 Å². The Kier molecular flexibility index (Phi) is 5.08. The van der Waals surface area contributed by atoms with Gasteiger partial charge in [0, 0.05) is 17.1 Å². The van der Waals surface area contributed by atoms with Crippen molar-refractivity contribution in [3.63, 3.8) is 0 Å². The van der Waals surface area contributed by atoms with Gasteiger partial charge in [-0.1, -0.05) is 38.1 Å². The summed E-state index contributed by atoms with van der Waals surface area (Å²) in [5.74, 6) is -0.856. The number of hydrogen-bond donors (Lipinski definition) is 1. The molecule has 1 aromatic carbocycles. The van der Waals surface area contributed by atoms with Crippen LogP contribution < -0.4 is 5.32 Å². The van der Waals surface area contributed by atoms with E-state index in [1.54, 1.807) is 9.78 Å². The number of esters is 1. The number of methoxy groups -OCH3 is 1. The van der Waals surface area contributed by atoms with Gasteiger partial charge in [0.15, 0.2) is 4.96 Å². The topological polar surface area (TPSA) is 72.7 Å². The molecule has 0 aliphatic heterocycles. The molecule has 0 radical (unpaired) electrons. The number of aromatic nitrogens is 2. The summed E-state index contributed by atoms with van der Waals surface area (Å²) in [4.78, 5) is 30.0. The number of hydrogen-bond acceptors (Lipinski definition) is 5. The van der Waals surface area contributed by atoms with Crippen molar-refractivity contribution in [1.82, 2.24) is 14.7 Å². The second-order valence-corrected chi connectivity index (χ2v) is 7.27. The zero-order valence-electron chi connectivity index (χ0n) is 15.1. The van der Waals surface area contributed by atoms with Crippen LogP contribution >= 0.6 is 11.3 Å². The third-order valence-electron chi connectivity index (χ3n) is 4.27. The Hall–Kier alpha value is -2.67. The van der Waals surface area contributed by atoms with Gasteiger partial charge in [-0.2, -0.15) is 0 Å². The van der Waals surface area contributed by atoms with Gasteiger partial charge in [0.25, 0.3) is 5.91 Å². The molecule has 2 aromatic heterocycles. The van der Waals surface area contributed by atoms with E-state index in [0.717, 1.165) is 21.8 Å². The number of benzene rings is 1. The molecule has 3 aromatic rings. The van der Waals surface area contributed by atoms with E-state index >= 15 is 0 Å². The van der Waals surface area contributed by atoms with Gasteiger partial charge in [0.05, 0.1) is 12.8 Å². The average molecular weight is 371 g/mol. The maximum absolute atomic E-state index is 12.7. The van der Waals surface area contributed by atoms with Crippen molar-refractivity contribution in [3.05, 3.63) is 47.1 Å². The van der Waals surface area contributed by atoms with Gasteiger partial charge in [0.2, 0.25) is 0 Å². The Morgan fingerprint density at radius 2 is 2.00 bits per heavy atom. The van der Waals surface area contributed by atoms with Crippen LogP contribution in [0.4, 0.5) is 0 Å². The quantitative estimate of drug-likeness (QED) is 0.699. The first-order valence-corrected chi connectivity index (χ1v) is 9.21. The highest BCUT2D eigenvalue weighted by Crippen LogP contribution is 2.26. The van der Waals surface area contributed by atoms with E-state index in [4.69, 9.17) is 4.74 Å². The van der Waals surface area contributed by atoms with Crippen LogP contribution in [0.25, 0.3) is 16.2 Å². The van der Waals surface area contributed by atoms with E-state index in [1.807, 2.05) is 51.2 Å². The van der Waals surface area contributed by atoms with Crippen molar-refractivity contribution >= 4 is 28.2 Å². The molecule has 1 amide bonds. The molecule has 1 N–H and O–H groups in total. The van der Waals surface area contributed by atoms with Gasteiger partial charge in [0.1, 0.15) is 11.7 Å². The molecule has 0 saturated heterocycles. The van der Waals surface area contributed by atoms with E-state index in [2.05, 4.69) is 10.3 Å². The zero-order valence-corrected chi connectivity index (χ0v) is 16.0. The van der Waals surface area contributed by atoms with Crippen LogP contribution in [-0.2, 0) is 9.53 Å². The van der Waals surface area contributed by atoms with E-state index in [-0.39, 0.29) is 11.8 Å². The molecule has 3 rings (SSSR count). The summed E-state index contributed by atoms with van der Waals surface area (Å²) in [5, 5.41) is 4.51. The van der Waals surface area contributed by atoms with Gasteiger partial charge >= 0.3 is 5.97 Å². The summed E-state index contributed by atoms with van der Waals surface area (Å²) >= 11 is 1.39. The largest absolute Gasteiger partial charge is 0.467 e. The highest BCUT2D eigenvalue weighted by Gasteiger charge is 2.26. The zero-order chi connectivity index (χ0) is 18.8. The lowest BCUT2D eigenvalue weighted by Gasteiger charge is -2.19. The maximum Gasteiger partial charge on any atom is 0.328 e. The SMILES string of the molecule is COC(=O)[C@@H](NC(=O)c1csc2nc(-c3ccccc3C)cn12)C(C)C. The second-order valence-electron chi connectivity index (χ2n) is 6.43. The van der Waals surface area contributed by atoms with Crippen LogP contribution in [0.3, 0.4) is 0 Å². The fraction of sp³-hybridized carbons (Fsp3) is 0.316. The summed E-state index contributed by atoms with van der Waals surface area (Å²) in [6.45, 7) is 5.75. The maximum atomic E-state index is 12.7. The molecule has 1 atom stereocenters. The van der Waals surface area contributed by atoms with Crippen LogP contribution in [0.2, 0.25) is 0 Å². The molecule has 0 spiro atoms. The third kappa shape index (κ3) is 3.35. The van der Waals surface area contributed by atoms with Crippen molar-refractivity contribution in [2.24, 2.45) is 5.92 Å². The molecule has 2 heterocycles. The molecular formula is C19H21N3O3S. The second kappa shape index (κ2) is 7.29. The number of carbonyl (C=O) groups is 2. The number of amides is 1. The number of carbonyl (C=O) groups excluding carboxylic acids is 2. The summed E-state index contributed by atoms with van der Waals surface area (Å²) < 4.78 is 6.54. The van der Waals surface area contributed by atoms with Gasteiger partial charge in [-0.3, -0.25) is 9.20 Å². The first kappa shape index (κ1) is 18.1. The molecule has 0 aliphatic carbocycles. The summed E-state index contributed by atoms with van der Waals surface area (Å²) in [5.41, 5.74) is 3.42. The van der Waals surface area contributed by atoms with E-state index in [9.17, 15) is 9.59 Å². The molecular weight excluding hydrogens is 350 g/mol. The van der Waals surface area contributed by atoms with E-state index in [0.29, 0.717) is 5.69 Å². The van der Waals surface area contributed by atoms with Crippen molar-refractivity contribution in [2.45, 2.75) is 26.8 Å². The van der Waals surface area contributed by atoms with E-state index in [1.165, 1.54) is 18.4 Å². The monoisotopic (exact) mass is 371 g/mol. The fourth-order valence-electron chi connectivity index (χ4n) is 2.78. The summed E-state index contributed by atoms with van der Waals surface area (Å²) in [7, 11) is 1.32. The Labute approximate surface area is 155 Å². The Morgan fingerprint density at radius 3 is 2.65 bits per heavy atom. The Balaban J connectivity index is 1.92. The number of fused-ring (bicyclic) bond motifs is 1. The molecule has 136 valence electrons. The van der Waals surface area contributed by atoms with Crippen molar-refractivity contribution < 1.29 is 14.3 Å². The molecule has 6 nitrogen and oxygen atoms in total. The van der Waals surface area contributed by atoms with Gasteiger partial charge in [-0.05, 0) is 18.4 Å².